The SMILES string of the molecule is Cc1ccc2nc([C@H](CC3CCN(C(=O)C(C)C)CC3)N3C(=O)CN(c4ccc(Oc5ccc(F)cc5)cc4)C3=O)n(C3CC3)c2c1. The summed E-state index contributed by atoms with van der Waals surface area (Å²) in [6.45, 7) is 7.19. The number of imide groups is 1. The van der Waals surface area contributed by atoms with Crippen molar-refractivity contribution in [3.63, 3.8) is 0 Å². The summed E-state index contributed by atoms with van der Waals surface area (Å²) in [4.78, 5) is 50.8. The van der Waals surface area contributed by atoms with Gasteiger partial charge in [0, 0.05) is 30.7 Å². The first kappa shape index (κ1) is 30.9. The molecule has 0 unspecified atom stereocenters. The number of nitrogens with zero attached hydrogens (tertiary/aromatic N) is 5. The number of carbonyl (C=O) groups excluding carboxylic acids is 3. The highest BCUT2D eigenvalue weighted by atomic mass is 19.1. The Hall–Kier alpha value is -4.73. The van der Waals surface area contributed by atoms with Crippen LogP contribution in [0.25, 0.3) is 11.0 Å². The molecular formula is C37H40FN5O4. The average molecular weight is 638 g/mol. The van der Waals surface area contributed by atoms with E-state index in [1.165, 1.54) is 21.9 Å². The van der Waals surface area contributed by atoms with Gasteiger partial charge in [0.25, 0.3) is 5.91 Å². The zero-order valence-electron chi connectivity index (χ0n) is 27.1. The summed E-state index contributed by atoms with van der Waals surface area (Å²) in [5.41, 5.74) is 3.63. The highest BCUT2D eigenvalue weighted by molar-refractivity contribution is 6.12. The number of likely N-dealkylation sites (tertiary alicyclic amines) is 1. The number of aromatic nitrogens is 2. The molecule has 1 saturated carbocycles. The molecule has 3 aromatic carbocycles. The minimum absolute atomic E-state index is 0.0458. The molecule has 2 saturated heterocycles. The molecule has 9 nitrogen and oxygen atoms in total. The van der Waals surface area contributed by atoms with Gasteiger partial charge >= 0.3 is 6.03 Å². The molecule has 3 fully saturated rings. The van der Waals surface area contributed by atoms with Crippen LogP contribution in [0.4, 0.5) is 14.9 Å². The third-order valence-corrected chi connectivity index (χ3v) is 9.57. The topological polar surface area (TPSA) is 88.0 Å². The molecule has 0 spiro atoms. The number of fused-ring (bicyclic) bond motifs is 1. The number of piperidine rings is 1. The Balaban J connectivity index is 1.18. The average Bonchev–Trinajstić information content (AvgIpc) is 3.77. The van der Waals surface area contributed by atoms with Crippen LogP contribution in [-0.4, -0.2) is 56.8 Å². The standard InChI is InChI=1S/C37H40FN5O4/c1-23(2)36(45)40-18-16-25(17-19-40)21-33(35-39-31-15-4-24(3)20-32(31)42(35)28-7-8-28)43-34(44)22-41(37(43)46)27-9-13-30(14-10-27)47-29-11-5-26(38)6-12-29/h4-6,9-15,20,23,25,28,33H,7-8,16-19,21-22H2,1-3H3/t33-/m0/s1. The zero-order valence-corrected chi connectivity index (χ0v) is 27.1. The summed E-state index contributed by atoms with van der Waals surface area (Å²) in [7, 11) is 0. The van der Waals surface area contributed by atoms with Gasteiger partial charge in [-0.3, -0.25) is 19.4 Å². The quantitative estimate of drug-likeness (QED) is 0.179. The second kappa shape index (κ2) is 12.5. The van der Waals surface area contributed by atoms with Gasteiger partial charge in [-0.15, -0.1) is 0 Å². The molecule has 0 bridgehead atoms. The van der Waals surface area contributed by atoms with Gasteiger partial charge in [-0.2, -0.15) is 0 Å². The van der Waals surface area contributed by atoms with Gasteiger partial charge in [0.1, 0.15) is 29.7 Å². The van der Waals surface area contributed by atoms with Crippen LogP contribution in [0.15, 0.2) is 66.7 Å². The van der Waals surface area contributed by atoms with E-state index in [9.17, 15) is 18.8 Å². The summed E-state index contributed by atoms with van der Waals surface area (Å²) in [6.07, 6.45) is 4.29. The summed E-state index contributed by atoms with van der Waals surface area (Å²) < 4.78 is 21.4. The van der Waals surface area contributed by atoms with E-state index in [2.05, 4.69) is 17.6 Å². The number of amides is 4. The number of carbonyl (C=O) groups is 3. The van der Waals surface area contributed by atoms with Gasteiger partial charge in [-0.05, 0) is 111 Å². The van der Waals surface area contributed by atoms with Gasteiger partial charge in [-0.1, -0.05) is 19.9 Å². The fraction of sp³-hybridized carbons (Fsp3) is 0.405. The van der Waals surface area contributed by atoms with Crippen LogP contribution in [0.2, 0.25) is 0 Å². The fourth-order valence-corrected chi connectivity index (χ4v) is 6.93. The monoisotopic (exact) mass is 637 g/mol. The first-order valence-corrected chi connectivity index (χ1v) is 16.6. The molecule has 244 valence electrons. The molecule has 3 heterocycles. The van der Waals surface area contributed by atoms with Crippen LogP contribution < -0.4 is 9.64 Å². The van der Waals surface area contributed by atoms with Crippen LogP contribution in [0, 0.1) is 24.6 Å². The molecule has 0 radical (unpaired) electrons. The van der Waals surface area contributed by atoms with E-state index in [4.69, 9.17) is 9.72 Å². The molecule has 1 atom stereocenters. The summed E-state index contributed by atoms with van der Waals surface area (Å²) >= 11 is 0. The number of imidazole rings is 1. The first-order valence-electron chi connectivity index (χ1n) is 16.6. The molecule has 4 aromatic rings. The van der Waals surface area contributed by atoms with Crippen LogP contribution in [0.5, 0.6) is 11.5 Å². The van der Waals surface area contributed by atoms with E-state index < -0.39 is 6.04 Å². The van der Waals surface area contributed by atoms with Gasteiger partial charge in [-0.25, -0.2) is 14.2 Å². The Kier molecular flexibility index (Phi) is 8.20. The summed E-state index contributed by atoms with van der Waals surface area (Å²) in [5.74, 6) is 1.53. The van der Waals surface area contributed by atoms with Gasteiger partial charge in [0.2, 0.25) is 5.91 Å². The van der Waals surface area contributed by atoms with Crippen LogP contribution in [0.3, 0.4) is 0 Å². The second-order valence-corrected chi connectivity index (χ2v) is 13.4. The number of anilines is 1. The summed E-state index contributed by atoms with van der Waals surface area (Å²) in [5, 5.41) is 0. The predicted molar refractivity (Wildman–Crippen MR) is 177 cm³/mol. The number of urea groups is 1. The van der Waals surface area contributed by atoms with Crippen molar-refractivity contribution in [1.29, 1.82) is 0 Å². The zero-order chi connectivity index (χ0) is 32.8. The number of ether oxygens (including phenoxy) is 1. The predicted octanol–water partition coefficient (Wildman–Crippen LogP) is 7.41. The van der Waals surface area contributed by atoms with Crippen LogP contribution in [0.1, 0.15) is 69.4 Å². The molecule has 3 aliphatic rings. The molecule has 7 rings (SSSR count). The third kappa shape index (κ3) is 6.21. The Labute approximate surface area is 273 Å². The van der Waals surface area contributed by atoms with E-state index in [-0.39, 0.29) is 42.0 Å². The molecule has 1 aromatic heterocycles. The van der Waals surface area contributed by atoms with Crippen LogP contribution >= 0.6 is 0 Å². The van der Waals surface area contributed by atoms with E-state index in [0.717, 1.165) is 48.1 Å². The van der Waals surface area contributed by atoms with E-state index in [1.54, 1.807) is 36.4 Å². The lowest BCUT2D eigenvalue weighted by Gasteiger charge is -2.36. The van der Waals surface area contributed by atoms with Crippen molar-refractivity contribution in [2.45, 2.75) is 65.0 Å². The van der Waals surface area contributed by atoms with Crippen molar-refractivity contribution in [2.75, 3.05) is 24.5 Å². The lowest BCUT2D eigenvalue weighted by atomic mass is 9.89. The first-order chi connectivity index (χ1) is 22.7. The molecule has 4 amide bonds. The Morgan fingerprint density at radius 1 is 0.936 bits per heavy atom. The molecule has 2 aliphatic heterocycles. The number of halogens is 1. The van der Waals surface area contributed by atoms with Crippen molar-refractivity contribution in [2.24, 2.45) is 11.8 Å². The molecule has 10 heteroatoms. The lowest BCUT2D eigenvalue weighted by Crippen LogP contribution is -2.42. The third-order valence-electron chi connectivity index (χ3n) is 9.57. The number of rotatable bonds is 9. The van der Waals surface area contributed by atoms with E-state index in [0.29, 0.717) is 42.7 Å². The molecule has 47 heavy (non-hydrogen) atoms. The Morgan fingerprint density at radius 3 is 2.23 bits per heavy atom. The van der Waals surface area contributed by atoms with Crippen molar-refractivity contribution in [1.82, 2.24) is 19.4 Å². The number of hydrogen-bond donors (Lipinski definition) is 0. The minimum atomic E-state index is -0.535. The summed E-state index contributed by atoms with van der Waals surface area (Å²) in [6, 6.07) is 18.3. The highest BCUT2D eigenvalue weighted by Gasteiger charge is 2.45. The van der Waals surface area contributed by atoms with Crippen molar-refractivity contribution >= 4 is 34.6 Å². The minimum Gasteiger partial charge on any atom is -0.457 e. The van der Waals surface area contributed by atoms with Gasteiger partial charge in [0.15, 0.2) is 0 Å². The molecular weight excluding hydrogens is 597 g/mol. The van der Waals surface area contributed by atoms with Gasteiger partial charge in [0.05, 0.1) is 17.1 Å². The molecule has 1 aliphatic carbocycles. The normalized spacial score (nSPS) is 18.1. The van der Waals surface area contributed by atoms with Gasteiger partial charge < -0.3 is 14.2 Å². The highest BCUT2D eigenvalue weighted by Crippen LogP contribution is 2.44. The number of hydrogen-bond acceptors (Lipinski definition) is 5. The Morgan fingerprint density at radius 2 is 1.60 bits per heavy atom. The maximum atomic E-state index is 14.2. The van der Waals surface area contributed by atoms with E-state index in [1.807, 2.05) is 30.9 Å². The lowest BCUT2D eigenvalue weighted by molar-refractivity contribution is -0.135. The number of aryl methyl sites for hydroxylation is 1. The maximum Gasteiger partial charge on any atom is 0.332 e. The fourth-order valence-electron chi connectivity index (χ4n) is 6.93. The molecule has 0 N–H and O–H groups in total. The van der Waals surface area contributed by atoms with Crippen LogP contribution in [-0.2, 0) is 9.59 Å². The van der Waals surface area contributed by atoms with E-state index >= 15 is 0 Å². The number of benzene rings is 3. The second-order valence-electron chi connectivity index (χ2n) is 13.4. The van der Waals surface area contributed by atoms with Crippen molar-refractivity contribution < 1.29 is 23.5 Å². The maximum absolute atomic E-state index is 14.2. The van der Waals surface area contributed by atoms with Crippen molar-refractivity contribution in [3.8, 4) is 11.5 Å². The smallest absolute Gasteiger partial charge is 0.332 e. The largest absolute Gasteiger partial charge is 0.457 e. The Bertz CT molecular complexity index is 1810. The van der Waals surface area contributed by atoms with Crippen molar-refractivity contribution in [3.05, 3.63) is 83.9 Å².